The molecule has 2 N–H and O–H groups in total. The zero-order chi connectivity index (χ0) is 13.1. The van der Waals surface area contributed by atoms with E-state index in [9.17, 15) is 9.59 Å². The Hall–Kier alpha value is -2.04. The summed E-state index contributed by atoms with van der Waals surface area (Å²) in [6, 6.07) is 3.40. The molecule has 1 aromatic rings. The lowest BCUT2D eigenvalue weighted by atomic mass is 9.95. The molecule has 0 bridgehead atoms. The molecule has 1 aromatic carbocycles. The van der Waals surface area contributed by atoms with Gasteiger partial charge in [0.25, 0.3) is 0 Å². The molecule has 3 rings (SSSR count). The van der Waals surface area contributed by atoms with Gasteiger partial charge >= 0.3 is 5.97 Å². The predicted molar refractivity (Wildman–Crippen MR) is 66.5 cm³/mol. The molecule has 0 atom stereocenters. The number of amides is 1. The van der Waals surface area contributed by atoms with E-state index in [1.165, 1.54) is 7.11 Å². The topological polar surface area (TPSA) is 72.6 Å². The van der Waals surface area contributed by atoms with Gasteiger partial charge in [-0.1, -0.05) is 0 Å². The van der Waals surface area contributed by atoms with Gasteiger partial charge < -0.3 is 15.4 Å². The van der Waals surface area contributed by atoms with Crippen molar-refractivity contribution in [3.8, 4) is 0 Å². The zero-order valence-electron chi connectivity index (χ0n) is 10.3. The van der Waals surface area contributed by atoms with Crippen molar-refractivity contribution < 1.29 is 14.3 Å². The fraction of sp³-hybridized carbons (Fsp3) is 0.385. The van der Waals surface area contributed by atoms with Crippen LogP contribution in [0.2, 0.25) is 0 Å². The molecular formula is C13H14N2O3. The van der Waals surface area contributed by atoms with Crippen LogP contribution < -0.4 is 10.6 Å². The number of benzene rings is 1. The van der Waals surface area contributed by atoms with E-state index in [4.69, 9.17) is 10.5 Å². The number of hydrogen-bond acceptors (Lipinski definition) is 4. The summed E-state index contributed by atoms with van der Waals surface area (Å²) in [5.41, 5.74) is 7.84. The van der Waals surface area contributed by atoms with Crippen LogP contribution in [0.25, 0.3) is 0 Å². The van der Waals surface area contributed by atoms with Crippen molar-refractivity contribution >= 4 is 23.3 Å². The first-order valence-corrected chi connectivity index (χ1v) is 5.82. The van der Waals surface area contributed by atoms with Crippen LogP contribution in [-0.4, -0.2) is 26.0 Å². The predicted octanol–water partition coefficient (Wildman–Crippen LogP) is 1.06. The highest BCUT2D eigenvalue weighted by Gasteiger charge is 2.58. The number of carbonyl (C=O) groups excluding carboxylic acids is 2. The number of fused-ring (bicyclic) bond motifs is 2. The summed E-state index contributed by atoms with van der Waals surface area (Å²) in [6.45, 7) is 0. The number of esters is 1. The fourth-order valence-corrected chi connectivity index (χ4v) is 2.71. The average molecular weight is 246 g/mol. The van der Waals surface area contributed by atoms with Crippen LogP contribution in [0.15, 0.2) is 12.1 Å². The maximum Gasteiger partial charge on any atom is 0.339 e. The smallest absolute Gasteiger partial charge is 0.339 e. The van der Waals surface area contributed by atoms with Crippen LogP contribution >= 0.6 is 0 Å². The minimum atomic E-state index is -0.465. The molecule has 0 aromatic heterocycles. The number of anilines is 2. The van der Waals surface area contributed by atoms with Crippen LogP contribution in [0.3, 0.4) is 0 Å². The van der Waals surface area contributed by atoms with Gasteiger partial charge in [-0.15, -0.1) is 0 Å². The lowest BCUT2D eigenvalue weighted by Gasteiger charge is -2.11. The molecule has 18 heavy (non-hydrogen) atoms. The van der Waals surface area contributed by atoms with E-state index < -0.39 is 11.4 Å². The van der Waals surface area contributed by atoms with Gasteiger partial charge in [-0.2, -0.15) is 0 Å². The van der Waals surface area contributed by atoms with Gasteiger partial charge in [0.15, 0.2) is 0 Å². The summed E-state index contributed by atoms with van der Waals surface area (Å²) < 4.78 is 4.70. The van der Waals surface area contributed by atoms with E-state index in [1.54, 1.807) is 24.1 Å². The Balaban J connectivity index is 2.20. The number of carbonyl (C=O) groups is 2. The van der Waals surface area contributed by atoms with E-state index >= 15 is 0 Å². The summed E-state index contributed by atoms with van der Waals surface area (Å²) in [4.78, 5) is 25.4. The van der Waals surface area contributed by atoms with E-state index in [2.05, 4.69) is 0 Å². The molecule has 1 saturated carbocycles. The average Bonchev–Trinajstić information content (AvgIpc) is 3.13. The lowest BCUT2D eigenvalue weighted by molar-refractivity contribution is -0.119. The number of nitrogen functional groups attached to an aromatic ring is 1. The Morgan fingerprint density at radius 3 is 2.67 bits per heavy atom. The first-order chi connectivity index (χ1) is 8.51. The van der Waals surface area contributed by atoms with Crippen LogP contribution in [0, 0.1) is 0 Å². The molecule has 5 nitrogen and oxygen atoms in total. The summed E-state index contributed by atoms with van der Waals surface area (Å²) in [6.07, 6.45) is 1.68. The Labute approximate surface area is 105 Å². The highest BCUT2D eigenvalue weighted by atomic mass is 16.5. The van der Waals surface area contributed by atoms with Crippen molar-refractivity contribution in [2.75, 3.05) is 24.8 Å². The van der Waals surface area contributed by atoms with Gasteiger partial charge in [0.05, 0.1) is 18.1 Å². The number of nitrogens with two attached hydrogens (primary N) is 1. The van der Waals surface area contributed by atoms with Gasteiger partial charge in [0.2, 0.25) is 5.91 Å². The Bertz CT molecular complexity index is 576. The highest BCUT2D eigenvalue weighted by molar-refractivity contribution is 6.11. The Morgan fingerprint density at radius 1 is 1.44 bits per heavy atom. The first kappa shape index (κ1) is 11.1. The minimum Gasteiger partial charge on any atom is -0.465 e. The molecule has 1 aliphatic carbocycles. The monoisotopic (exact) mass is 246 g/mol. The van der Waals surface area contributed by atoms with Crippen molar-refractivity contribution in [1.29, 1.82) is 0 Å². The largest absolute Gasteiger partial charge is 0.465 e. The highest BCUT2D eigenvalue weighted by Crippen LogP contribution is 2.57. The van der Waals surface area contributed by atoms with Gasteiger partial charge in [0.1, 0.15) is 0 Å². The standard InChI is InChI=1S/C13H14N2O3/c1-15-10-6-9(14)7(11(16)18-2)5-8(10)13(3-4-13)12(15)17/h5-6H,3-4,14H2,1-2H3. The molecule has 0 saturated heterocycles. The maximum atomic E-state index is 12.2. The molecule has 0 radical (unpaired) electrons. The van der Waals surface area contributed by atoms with Gasteiger partial charge in [-0.25, -0.2) is 4.79 Å². The SMILES string of the molecule is COC(=O)c1cc2c(cc1N)N(C)C(=O)C21CC1. The summed E-state index contributed by atoms with van der Waals surface area (Å²) in [5, 5.41) is 0. The van der Waals surface area contributed by atoms with Crippen LogP contribution in [0.5, 0.6) is 0 Å². The maximum absolute atomic E-state index is 12.2. The third-order valence-corrected chi connectivity index (χ3v) is 3.91. The quantitative estimate of drug-likeness (QED) is 0.594. The summed E-state index contributed by atoms with van der Waals surface area (Å²) >= 11 is 0. The molecule has 94 valence electrons. The summed E-state index contributed by atoms with van der Waals surface area (Å²) in [5.74, 6) is -0.369. The number of methoxy groups -OCH3 is 1. The molecule has 2 aliphatic rings. The number of ether oxygens (including phenoxy) is 1. The first-order valence-electron chi connectivity index (χ1n) is 5.82. The normalized spacial score (nSPS) is 19.0. The van der Waals surface area contributed by atoms with Crippen LogP contribution in [0.1, 0.15) is 28.8 Å². The van der Waals surface area contributed by atoms with E-state index in [0.717, 1.165) is 24.1 Å². The number of likely N-dealkylation sites (N-methyl/N-ethyl adjacent to an activating group) is 1. The van der Waals surface area contributed by atoms with Crippen molar-refractivity contribution in [3.63, 3.8) is 0 Å². The molecule has 0 unspecified atom stereocenters. The van der Waals surface area contributed by atoms with Gasteiger partial charge in [-0.05, 0) is 30.5 Å². The van der Waals surface area contributed by atoms with Crippen molar-refractivity contribution in [3.05, 3.63) is 23.3 Å². The molecule has 1 amide bonds. The van der Waals surface area contributed by atoms with E-state index in [1.807, 2.05) is 0 Å². The minimum absolute atomic E-state index is 0.0962. The number of rotatable bonds is 1. The second-order valence-electron chi connectivity index (χ2n) is 4.89. The number of hydrogen-bond donors (Lipinski definition) is 1. The third-order valence-electron chi connectivity index (χ3n) is 3.91. The van der Waals surface area contributed by atoms with Gasteiger partial charge in [0, 0.05) is 18.4 Å². The fourth-order valence-electron chi connectivity index (χ4n) is 2.71. The molecule has 1 fully saturated rings. The lowest BCUT2D eigenvalue weighted by Crippen LogP contribution is -2.27. The van der Waals surface area contributed by atoms with E-state index in [0.29, 0.717) is 11.3 Å². The number of nitrogens with zero attached hydrogens (tertiary/aromatic N) is 1. The molecule has 1 aliphatic heterocycles. The van der Waals surface area contributed by atoms with Crippen LogP contribution in [-0.2, 0) is 14.9 Å². The van der Waals surface area contributed by atoms with Crippen molar-refractivity contribution in [1.82, 2.24) is 0 Å². The molecular weight excluding hydrogens is 232 g/mol. The second-order valence-corrected chi connectivity index (χ2v) is 4.89. The molecule has 1 heterocycles. The van der Waals surface area contributed by atoms with E-state index in [-0.39, 0.29) is 5.91 Å². The van der Waals surface area contributed by atoms with Crippen molar-refractivity contribution in [2.24, 2.45) is 0 Å². The third kappa shape index (κ3) is 1.16. The van der Waals surface area contributed by atoms with Crippen LogP contribution in [0.4, 0.5) is 11.4 Å². The van der Waals surface area contributed by atoms with Gasteiger partial charge in [-0.3, -0.25) is 4.79 Å². The Kier molecular flexibility index (Phi) is 2.00. The zero-order valence-corrected chi connectivity index (χ0v) is 10.3. The molecule has 1 spiro atoms. The Morgan fingerprint density at radius 2 is 2.11 bits per heavy atom. The second kappa shape index (κ2) is 3.25. The van der Waals surface area contributed by atoms with Crippen molar-refractivity contribution in [2.45, 2.75) is 18.3 Å². The summed E-state index contributed by atoms with van der Waals surface area (Å²) in [7, 11) is 3.06. The molecule has 5 heteroatoms.